The van der Waals surface area contributed by atoms with E-state index in [1.807, 2.05) is 0 Å². The molecule has 0 aliphatic heterocycles. The van der Waals surface area contributed by atoms with E-state index < -0.39 is 21.7 Å². The van der Waals surface area contributed by atoms with Crippen molar-refractivity contribution in [2.24, 2.45) is 0 Å². The van der Waals surface area contributed by atoms with Crippen LogP contribution in [0.1, 0.15) is 19.3 Å². The molecule has 0 N–H and O–H groups in total. The van der Waals surface area contributed by atoms with Gasteiger partial charge >= 0.3 is 17.6 Å². The number of carbonyl (C=O) groups excluding carboxylic acids is 2. The Balaban J connectivity index is 2.38. The number of nitrogens with zero attached hydrogens (tertiary/aromatic N) is 1. The number of para-hydroxylation sites is 2. The number of benzene rings is 1. The Bertz CT molecular complexity index is 549. The largest absolute Gasteiger partial charge is 0.463 e. The van der Waals surface area contributed by atoms with Gasteiger partial charge in [0.25, 0.3) is 0 Å². The predicted molar refractivity (Wildman–Crippen MR) is 79.0 cm³/mol. The third-order valence-corrected chi connectivity index (χ3v) is 2.67. The molecule has 0 amide bonds. The van der Waals surface area contributed by atoms with Gasteiger partial charge in [0.15, 0.2) is 0 Å². The molecule has 9 heteroatoms. The Hall–Kier alpha value is -1.86. The van der Waals surface area contributed by atoms with E-state index in [-0.39, 0.29) is 37.3 Å². The molecule has 0 aliphatic carbocycles. The van der Waals surface area contributed by atoms with E-state index in [0.717, 1.165) is 0 Å². The number of esters is 2. The van der Waals surface area contributed by atoms with Crippen molar-refractivity contribution in [2.75, 3.05) is 6.61 Å². The SMILES string of the molecule is O=C(CCCC(=O)Oc1ccccc1[N+](=O)[O-])OCC(Cl)Cl. The highest BCUT2D eigenvalue weighted by Crippen LogP contribution is 2.26. The first-order valence-corrected chi connectivity index (χ1v) is 7.15. The minimum atomic E-state index is -0.799. The average molecular weight is 350 g/mol. The average Bonchev–Trinajstić information content (AvgIpc) is 2.45. The fourth-order valence-electron chi connectivity index (χ4n) is 1.47. The third-order valence-electron chi connectivity index (χ3n) is 2.42. The van der Waals surface area contributed by atoms with Gasteiger partial charge < -0.3 is 9.47 Å². The summed E-state index contributed by atoms with van der Waals surface area (Å²) < 4.78 is 9.62. The first-order chi connectivity index (χ1) is 10.4. The maximum atomic E-state index is 11.6. The molecule has 0 saturated carbocycles. The fourth-order valence-corrected chi connectivity index (χ4v) is 1.60. The number of nitro benzene ring substituents is 1. The Morgan fingerprint density at radius 3 is 2.45 bits per heavy atom. The highest BCUT2D eigenvalue weighted by Gasteiger charge is 2.17. The van der Waals surface area contributed by atoms with Crippen LogP contribution in [0.25, 0.3) is 0 Å². The van der Waals surface area contributed by atoms with Crippen LogP contribution in [0.2, 0.25) is 0 Å². The molecule has 0 bridgehead atoms. The second-order valence-electron chi connectivity index (χ2n) is 4.13. The summed E-state index contributed by atoms with van der Waals surface area (Å²) in [6.07, 6.45) is 0.104. The van der Waals surface area contributed by atoms with Gasteiger partial charge in [0.05, 0.1) is 4.92 Å². The number of halogens is 2. The van der Waals surface area contributed by atoms with Crippen LogP contribution in [-0.4, -0.2) is 28.3 Å². The molecule has 120 valence electrons. The lowest BCUT2D eigenvalue weighted by Crippen LogP contribution is -2.12. The maximum absolute atomic E-state index is 11.6. The summed E-state index contributed by atoms with van der Waals surface area (Å²) in [5.41, 5.74) is -0.300. The van der Waals surface area contributed by atoms with Crippen molar-refractivity contribution in [3.8, 4) is 5.75 Å². The van der Waals surface area contributed by atoms with Gasteiger partial charge in [-0.2, -0.15) is 0 Å². The lowest BCUT2D eigenvalue weighted by molar-refractivity contribution is -0.385. The van der Waals surface area contributed by atoms with Gasteiger partial charge in [-0.25, -0.2) is 0 Å². The lowest BCUT2D eigenvalue weighted by Gasteiger charge is -2.06. The quantitative estimate of drug-likeness (QED) is 0.235. The van der Waals surface area contributed by atoms with Crippen molar-refractivity contribution < 1.29 is 24.0 Å². The third kappa shape index (κ3) is 6.73. The molecule has 0 atom stereocenters. The fraction of sp³-hybridized carbons (Fsp3) is 0.385. The summed E-state index contributed by atoms with van der Waals surface area (Å²) in [5.74, 6) is -1.34. The van der Waals surface area contributed by atoms with Crippen molar-refractivity contribution in [3.05, 3.63) is 34.4 Å². The smallest absolute Gasteiger partial charge is 0.311 e. The number of nitro groups is 1. The first kappa shape index (κ1) is 18.2. The van der Waals surface area contributed by atoms with Crippen LogP contribution in [0.5, 0.6) is 5.75 Å². The summed E-state index contributed by atoms with van der Waals surface area (Å²) in [4.78, 5) is 32.2. The normalized spacial score (nSPS) is 10.3. The van der Waals surface area contributed by atoms with Crippen molar-refractivity contribution in [1.29, 1.82) is 0 Å². The molecule has 0 fully saturated rings. The molecule has 0 aliphatic rings. The summed E-state index contributed by atoms with van der Waals surface area (Å²) in [7, 11) is 0. The molecule has 1 aromatic carbocycles. The molecule has 7 nitrogen and oxygen atoms in total. The number of hydrogen-bond donors (Lipinski definition) is 0. The van der Waals surface area contributed by atoms with Gasteiger partial charge in [0.1, 0.15) is 11.4 Å². The van der Waals surface area contributed by atoms with E-state index in [1.54, 1.807) is 0 Å². The van der Waals surface area contributed by atoms with Gasteiger partial charge in [-0.15, -0.1) is 23.2 Å². The van der Waals surface area contributed by atoms with Gasteiger partial charge in [-0.05, 0) is 12.5 Å². The standard InChI is InChI=1S/C13H13Cl2NO6/c14-11(15)8-21-12(17)6-3-7-13(18)22-10-5-2-1-4-9(10)16(19)20/h1-2,4-5,11H,3,6-8H2. The minimum absolute atomic E-state index is 0.00746. The van der Waals surface area contributed by atoms with Crippen LogP contribution >= 0.6 is 23.2 Å². The van der Waals surface area contributed by atoms with E-state index in [2.05, 4.69) is 0 Å². The zero-order valence-corrected chi connectivity index (χ0v) is 12.9. The zero-order chi connectivity index (χ0) is 16.5. The van der Waals surface area contributed by atoms with E-state index in [1.165, 1.54) is 24.3 Å². The minimum Gasteiger partial charge on any atom is -0.463 e. The molecule has 0 unspecified atom stereocenters. The Morgan fingerprint density at radius 2 is 1.82 bits per heavy atom. The van der Waals surface area contributed by atoms with Gasteiger partial charge in [-0.1, -0.05) is 12.1 Å². The molecule has 0 heterocycles. The van der Waals surface area contributed by atoms with Crippen LogP contribution in [0.3, 0.4) is 0 Å². The van der Waals surface area contributed by atoms with Crippen molar-refractivity contribution in [1.82, 2.24) is 0 Å². The molecular weight excluding hydrogens is 337 g/mol. The summed E-state index contributed by atoms with van der Waals surface area (Å²) in [6, 6.07) is 5.54. The molecule has 1 aromatic rings. The Morgan fingerprint density at radius 1 is 1.18 bits per heavy atom. The summed E-state index contributed by atoms with van der Waals surface area (Å²) >= 11 is 10.8. The topological polar surface area (TPSA) is 95.7 Å². The highest BCUT2D eigenvalue weighted by molar-refractivity contribution is 6.44. The first-order valence-electron chi connectivity index (χ1n) is 6.28. The van der Waals surface area contributed by atoms with Crippen LogP contribution in [0.4, 0.5) is 5.69 Å². The maximum Gasteiger partial charge on any atom is 0.311 e. The molecule has 0 radical (unpaired) electrons. The molecule has 0 aromatic heterocycles. The summed E-state index contributed by atoms with van der Waals surface area (Å²) in [5, 5.41) is 10.8. The van der Waals surface area contributed by atoms with E-state index in [9.17, 15) is 19.7 Å². The van der Waals surface area contributed by atoms with Crippen molar-refractivity contribution in [3.63, 3.8) is 0 Å². The second-order valence-corrected chi connectivity index (χ2v) is 5.40. The Labute approximate surface area is 136 Å². The predicted octanol–water partition coefficient (Wildman–Crippen LogP) is 3.02. The van der Waals surface area contributed by atoms with Crippen LogP contribution in [-0.2, 0) is 14.3 Å². The molecule has 22 heavy (non-hydrogen) atoms. The molecule has 0 spiro atoms. The van der Waals surface area contributed by atoms with Gasteiger partial charge in [0.2, 0.25) is 5.75 Å². The molecular formula is C13H13Cl2NO6. The zero-order valence-electron chi connectivity index (χ0n) is 11.4. The lowest BCUT2D eigenvalue weighted by atomic mass is 10.2. The summed E-state index contributed by atoms with van der Waals surface area (Å²) in [6.45, 7) is -0.122. The van der Waals surface area contributed by atoms with E-state index >= 15 is 0 Å². The molecule has 0 saturated heterocycles. The van der Waals surface area contributed by atoms with Crippen LogP contribution in [0.15, 0.2) is 24.3 Å². The number of hydrogen-bond acceptors (Lipinski definition) is 6. The van der Waals surface area contributed by atoms with Gasteiger partial charge in [-0.3, -0.25) is 19.7 Å². The van der Waals surface area contributed by atoms with E-state index in [0.29, 0.717) is 0 Å². The monoisotopic (exact) mass is 349 g/mol. The van der Waals surface area contributed by atoms with Crippen LogP contribution in [0, 0.1) is 10.1 Å². The number of carbonyl (C=O) groups is 2. The number of ether oxygens (including phenoxy) is 2. The molecule has 1 rings (SSSR count). The van der Waals surface area contributed by atoms with E-state index in [4.69, 9.17) is 32.7 Å². The number of rotatable bonds is 8. The second kappa shape index (κ2) is 9.22. The van der Waals surface area contributed by atoms with Crippen molar-refractivity contribution in [2.45, 2.75) is 24.1 Å². The Kier molecular flexibility index (Phi) is 7.62. The highest BCUT2D eigenvalue weighted by atomic mass is 35.5. The van der Waals surface area contributed by atoms with Gasteiger partial charge in [0, 0.05) is 18.9 Å². The number of alkyl halides is 2. The van der Waals surface area contributed by atoms with Crippen LogP contribution < -0.4 is 4.74 Å². The van der Waals surface area contributed by atoms with Crippen molar-refractivity contribution >= 4 is 40.8 Å².